The highest BCUT2D eigenvalue weighted by Gasteiger charge is 2.21. The number of para-hydroxylation sites is 1. The van der Waals surface area contributed by atoms with E-state index in [9.17, 15) is 4.79 Å². The number of rotatable bonds is 6. The summed E-state index contributed by atoms with van der Waals surface area (Å²) in [5, 5.41) is 16.1. The molecule has 2 heterocycles. The number of carboxylic acid groups (broad SMARTS) is 2. The van der Waals surface area contributed by atoms with Crippen molar-refractivity contribution in [2.45, 2.75) is 32.6 Å². The van der Waals surface area contributed by atoms with E-state index in [-0.39, 0.29) is 5.97 Å². The molecule has 29 heavy (non-hydrogen) atoms. The van der Waals surface area contributed by atoms with E-state index in [4.69, 9.17) is 24.5 Å². The van der Waals surface area contributed by atoms with Crippen molar-refractivity contribution >= 4 is 28.8 Å². The number of nitrogens with zero attached hydrogens (tertiary/aromatic N) is 1. The van der Waals surface area contributed by atoms with Crippen LogP contribution in [0.15, 0.2) is 30.3 Å². The number of aromatic nitrogens is 1. The van der Waals surface area contributed by atoms with Gasteiger partial charge in [-0.05, 0) is 69.1 Å². The summed E-state index contributed by atoms with van der Waals surface area (Å²) in [7, 11) is 0. The lowest BCUT2D eigenvalue weighted by Crippen LogP contribution is -2.38. The Labute approximate surface area is 169 Å². The third-order valence-electron chi connectivity index (χ3n) is 4.96. The van der Waals surface area contributed by atoms with Crippen LogP contribution >= 0.6 is 0 Å². The third kappa shape index (κ3) is 7.57. The van der Waals surface area contributed by atoms with Crippen molar-refractivity contribution in [2.75, 3.05) is 26.2 Å². The molecule has 0 spiro atoms. The molecule has 2 aromatic rings. The van der Waals surface area contributed by atoms with Crippen LogP contribution in [0.5, 0.6) is 0 Å². The first-order chi connectivity index (χ1) is 13.9. The van der Waals surface area contributed by atoms with Crippen LogP contribution in [0.2, 0.25) is 0 Å². The molecule has 0 radical (unpaired) electrons. The second-order valence-corrected chi connectivity index (χ2v) is 7.06. The smallest absolute Gasteiger partial charge is 0.414 e. The van der Waals surface area contributed by atoms with Gasteiger partial charge in [-0.2, -0.15) is 0 Å². The maximum atomic E-state index is 11.5. The maximum absolute atomic E-state index is 11.5. The second-order valence-electron chi connectivity index (χ2n) is 7.06. The number of fused-ring (bicyclic) bond motifs is 1. The maximum Gasteiger partial charge on any atom is 0.414 e. The predicted octanol–water partition coefficient (Wildman–Crippen LogP) is 2.53. The highest BCUT2D eigenvalue weighted by atomic mass is 16.5. The number of carbonyl (C=O) groups is 3. The largest absolute Gasteiger partial charge is 0.473 e. The molecule has 1 saturated heterocycles. The molecular weight excluding hydrogens is 376 g/mol. The summed E-state index contributed by atoms with van der Waals surface area (Å²) in [6.45, 7) is 4.79. The molecule has 1 fully saturated rings. The number of hydrogen-bond donors (Lipinski definition) is 3. The van der Waals surface area contributed by atoms with Crippen molar-refractivity contribution in [3.63, 3.8) is 0 Å². The van der Waals surface area contributed by atoms with Crippen LogP contribution < -0.4 is 0 Å². The highest BCUT2D eigenvalue weighted by Crippen LogP contribution is 2.23. The lowest BCUT2D eigenvalue weighted by molar-refractivity contribution is -0.159. The summed E-state index contributed by atoms with van der Waals surface area (Å²) in [6, 6.07) is 10.7. The number of hydrogen-bond acceptors (Lipinski definition) is 5. The van der Waals surface area contributed by atoms with Gasteiger partial charge in [-0.25, -0.2) is 9.59 Å². The molecule has 0 saturated carbocycles. The fraction of sp³-hybridized carbons (Fsp3) is 0.476. The van der Waals surface area contributed by atoms with E-state index >= 15 is 0 Å². The van der Waals surface area contributed by atoms with E-state index < -0.39 is 11.9 Å². The number of H-pyrrole nitrogens is 1. The summed E-state index contributed by atoms with van der Waals surface area (Å²) in [4.78, 5) is 35.5. The Morgan fingerprint density at radius 1 is 1.14 bits per heavy atom. The molecule has 8 nitrogen and oxygen atoms in total. The number of likely N-dealkylation sites (tertiary alicyclic amines) is 1. The average Bonchev–Trinajstić information content (AvgIpc) is 3.11. The number of ether oxygens (including phenoxy) is 1. The Balaban J connectivity index is 0.000000438. The van der Waals surface area contributed by atoms with Crippen LogP contribution in [-0.2, 0) is 25.5 Å². The molecule has 158 valence electrons. The number of piperidine rings is 1. The fourth-order valence-electron chi connectivity index (χ4n) is 3.45. The molecule has 0 unspecified atom stereocenters. The van der Waals surface area contributed by atoms with Crippen LogP contribution in [0, 0.1) is 5.92 Å². The number of aromatic amines is 1. The third-order valence-corrected chi connectivity index (χ3v) is 4.96. The molecule has 1 aromatic heterocycles. The minimum absolute atomic E-state index is 0.0935. The molecule has 3 N–H and O–H groups in total. The van der Waals surface area contributed by atoms with Crippen LogP contribution in [-0.4, -0.2) is 64.2 Å². The average molecular weight is 404 g/mol. The standard InChI is InChI=1S/C19H26N2O2.C2H2O4/c1-2-23-19(22)14-21-11-9-15(10-12-21)7-8-17-13-16-5-3-4-6-18(16)20-17;3-1(4)2(5)6/h3-6,13,15,20H,2,7-12,14H2,1H3;(H,3,4)(H,5,6). The molecule has 0 amide bonds. The summed E-state index contributed by atoms with van der Waals surface area (Å²) >= 11 is 0. The van der Waals surface area contributed by atoms with Gasteiger partial charge >= 0.3 is 17.9 Å². The lowest BCUT2D eigenvalue weighted by Gasteiger charge is -2.31. The molecule has 1 aliphatic heterocycles. The van der Waals surface area contributed by atoms with E-state index in [1.54, 1.807) is 0 Å². The highest BCUT2D eigenvalue weighted by molar-refractivity contribution is 6.27. The van der Waals surface area contributed by atoms with Crippen LogP contribution in [0.3, 0.4) is 0 Å². The minimum Gasteiger partial charge on any atom is -0.473 e. The zero-order valence-corrected chi connectivity index (χ0v) is 16.6. The Kier molecular flexibility index (Phi) is 8.67. The SMILES string of the molecule is CCOC(=O)CN1CCC(CCc2cc3ccccc3[nH]2)CC1.O=C(O)C(=O)O. The summed E-state index contributed by atoms with van der Waals surface area (Å²) in [5.74, 6) is -2.98. The van der Waals surface area contributed by atoms with Gasteiger partial charge in [0.2, 0.25) is 0 Å². The second kappa shape index (κ2) is 11.2. The number of esters is 1. The number of carboxylic acids is 2. The zero-order chi connectivity index (χ0) is 21.2. The topological polar surface area (TPSA) is 120 Å². The normalized spacial score (nSPS) is 14.8. The van der Waals surface area contributed by atoms with E-state index in [1.807, 2.05) is 6.92 Å². The van der Waals surface area contributed by atoms with Gasteiger partial charge in [0.25, 0.3) is 0 Å². The van der Waals surface area contributed by atoms with E-state index in [0.29, 0.717) is 13.2 Å². The summed E-state index contributed by atoms with van der Waals surface area (Å²) in [5.41, 5.74) is 2.56. The zero-order valence-electron chi connectivity index (χ0n) is 16.6. The fourth-order valence-corrected chi connectivity index (χ4v) is 3.45. The van der Waals surface area contributed by atoms with Crippen molar-refractivity contribution in [1.29, 1.82) is 0 Å². The van der Waals surface area contributed by atoms with Gasteiger partial charge < -0.3 is 19.9 Å². The van der Waals surface area contributed by atoms with E-state index in [0.717, 1.165) is 25.4 Å². The lowest BCUT2D eigenvalue weighted by atomic mass is 9.91. The predicted molar refractivity (Wildman–Crippen MR) is 108 cm³/mol. The minimum atomic E-state index is -1.82. The Bertz CT molecular complexity index is 778. The van der Waals surface area contributed by atoms with Gasteiger partial charge in [0.15, 0.2) is 0 Å². The van der Waals surface area contributed by atoms with Gasteiger partial charge in [-0.1, -0.05) is 18.2 Å². The Morgan fingerprint density at radius 2 is 1.79 bits per heavy atom. The van der Waals surface area contributed by atoms with Crippen LogP contribution in [0.4, 0.5) is 0 Å². The summed E-state index contributed by atoms with van der Waals surface area (Å²) in [6.07, 6.45) is 4.69. The number of carbonyl (C=O) groups excluding carboxylic acids is 1. The monoisotopic (exact) mass is 404 g/mol. The van der Waals surface area contributed by atoms with Crippen molar-refractivity contribution in [3.8, 4) is 0 Å². The first kappa shape index (κ1) is 22.4. The molecule has 1 aromatic carbocycles. The van der Waals surface area contributed by atoms with Crippen molar-refractivity contribution < 1.29 is 29.3 Å². The number of nitrogens with one attached hydrogen (secondary N) is 1. The van der Waals surface area contributed by atoms with Gasteiger partial charge in [-0.3, -0.25) is 9.69 Å². The Hall–Kier alpha value is -2.87. The number of aliphatic carboxylic acids is 2. The van der Waals surface area contributed by atoms with E-state index in [2.05, 4.69) is 40.2 Å². The molecule has 0 atom stereocenters. The van der Waals surface area contributed by atoms with Crippen molar-refractivity contribution in [3.05, 3.63) is 36.0 Å². The molecule has 3 rings (SSSR count). The van der Waals surface area contributed by atoms with Crippen LogP contribution in [0.25, 0.3) is 10.9 Å². The Morgan fingerprint density at radius 3 is 2.38 bits per heavy atom. The van der Waals surface area contributed by atoms with Gasteiger partial charge in [0.05, 0.1) is 13.2 Å². The van der Waals surface area contributed by atoms with Gasteiger partial charge in [-0.15, -0.1) is 0 Å². The first-order valence-electron chi connectivity index (χ1n) is 9.79. The van der Waals surface area contributed by atoms with Gasteiger partial charge in [0.1, 0.15) is 0 Å². The molecule has 0 aliphatic carbocycles. The molecule has 1 aliphatic rings. The van der Waals surface area contributed by atoms with Crippen molar-refractivity contribution in [1.82, 2.24) is 9.88 Å². The van der Waals surface area contributed by atoms with Crippen LogP contribution in [0.1, 0.15) is 31.9 Å². The molecule has 8 heteroatoms. The van der Waals surface area contributed by atoms with E-state index in [1.165, 1.54) is 35.9 Å². The summed E-state index contributed by atoms with van der Waals surface area (Å²) < 4.78 is 5.02. The van der Waals surface area contributed by atoms with Crippen molar-refractivity contribution in [2.24, 2.45) is 5.92 Å². The van der Waals surface area contributed by atoms with Gasteiger partial charge in [0, 0.05) is 11.2 Å². The first-order valence-corrected chi connectivity index (χ1v) is 9.79. The number of aryl methyl sites for hydroxylation is 1. The molecule has 0 bridgehead atoms. The number of benzene rings is 1. The quantitative estimate of drug-likeness (QED) is 0.500. The molecular formula is C21H28N2O6.